The molecule has 1 N–H and O–H groups in total. The largest absolute Gasteiger partial charge is 0.457 e. The first kappa shape index (κ1) is 20.5. The molecule has 1 amide bonds. The van der Waals surface area contributed by atoms with Crippen molar-refractivity contribution in [3.8, 4) is 11.5 Å². The van der Waals surface area contributed by atoms with Gasteiger partial charge in [0.2, 0.25) is 5.91 Å². The lowest BCUT2D eigenvalue weighted by Gasteiger charge is -2.15. The van der Waals surface area contributed by atoms with E-state index in [4.69, 9.17) is 4.74 Å². The maximum atomic E-state index is 13.0. The fourth-order valence-electron chi connectivity index (χ4n) is 3.99. The van der Waals surface area contributed by atoms with Crippen LogP contribution in [0.15, 0.2) is 102 Å². The van der Waals surface area contributed by atoms with Gasteiger partial charge in [-0.05, 0) is 67.6 Å². The summed E-state index contributed by atoms with van der Waals surface area (Å²) >= 11 is 0. The zero-order chi connectivity index (χ0) is 22.8. The summed E-state index contributed by atoms with van der Waals surface area (Å²) in [5.74, 6) is 1.26. The number of aromatic nitrogens is 1. The minimum atomic E-state index is -0.178. The molecule has 5 rings (SSSR count). The normalized spacial score (nSPS) is 10.9. The summed E-state index contributed by atoms with van der Waals surface area (Å²) in [5, 5.41) is 4.16. The van der Waals surface area contributed by atoms with Crippen molar-refractivity contribution in [2.75, 3.05) is 5.32 Å². The third kappa shape index (κ3) is 4.21. The molecule has 0 bridgehead atoms. The lowest BCUT2D eigenvalue weighted by atomic mass is 10.1. The molecule has 1 heterocycles. The second-order valence-electron chi connectivity index (χ2n) is 7.94. The van der Waals surface area contributed by atoms with Crippen molar-refractivity contribution in [2.24, 2.45) is 0 Å². The number of ether oxygens (including phenoxy) is 1. The molecule has 162 valence electrons. The fraction of sp³-hybridized carbons (Fsp3) is 0.0714. The van der Waals surface area contributed by atoms with Crippen LogP contribution in [0.5, 0.6) is 11.5 Å². The number of pyridine rings is 1. The summed E-state index contributed by atoms with van der Waals surface area (Å²) < 4.78 is 7.70. The maximum Gasteiger partial charge on any atom is 0.244 e. The Hall–Kier alpha value is -4.38. The van der Waals surface area contributed by atoms with Crippen molar-refractivity contribution in [1.82, 2.24) is 4.57 Å². The maximum absolute atomic E-state index is 13.0. The van der Waals surface area contributed by atoms with E-state index in [2.05, 4.69) is 5.32 Å². The number of amides is 1. The Morgan fingerprint density at radius 2 is 1.45 bits per heavy atom. The Kier molecular flexibility index (Phi) is 5.37. The summed E-state index contributed by atoms with van der Waals surface area (Å²) in [4.78, 5) is 26.0. The van der Waals surface area contributed by atoms with Gasteiger partial charge in [0.25, 0.3) is 0 Å². The standard InChI is InChI=1S/C28H22N2O3/c1-19-11-16-26-24(17-19)28(32)23-9-5-6-10-25(23)30(26)18-27(31)29-20-12-14-22(15-13-20)33-21-7-3-2-4-8-21/h2-17H,18H2,1H3,(H,29,31). The molecule has 1 aromatic heterocycles. The van der Waals surface area contributed by atoms with Gasteiger partial charge in [-0.3, -0.25) is 9.59 Å². The van der Waals surface area contributed by atoms with Crippen molar-refractivity contribution < 1.29 is 9.53 Å². The molecule has 33 heavy (non-hydrogen) atoms. The molecule has 0 unspecified atom stereocenters. The van der Waals surface area contributed by atoms with E-state index in [9.17, 15) is 9.59 Å². The van der Waals surface area contributed by atoms with Gasteiger partial charge >= 0.3 is 0 Å². The van der Waals surface area contributed by atoms with E-state index in [0.717, 1.165) is 22.3 Å². The number of carbonyl (C=O) groups excluding carboxylic acids is 1. The van der Waals surface area contributed by atoms with Gasteiger partial charge in [-0.2, -0.15) is 0 Å². The first-order valence-corrected chi connectivity index (χ1v) is 10.7. The van der Waals surface area contributed by atoms with Crippen LogP contribution in [0.2, 0.25) is 0 Å². The third-order valence-corrected chi connectivity index (χ3v) is 5.55. The SMILES string of the molecule is Cc1ccc2c(c1)c(=O)c1ccccc1n2CC(=O)Nc1ccc(Oc2ccccc2)cc1. The second kappa shape index (κ2) is 8.63. The highest BCUT2D eigenvalue weighted by atomic mass is 16.5. The van der Waals surface area contributed by atoms with E-state index in [1.165, 1.54) is 0 Å². The Labute approximate surface area is 190 Å². The van der Waals surface area contributed by atoms with Gasteiger partial charge in [-0.1, -0.05) is 42.0 Å². The van der Waals surface area contributed by atoms with Crippen LogP contribution in [0, 0.1) is 6.92 Å². The monoisotopic (exact) mass is 434 g/mol. The Morgan fingerprint density at radius 3 is 2.24 bits per heavy atom. The van der Waals surface area contributed by atoms with Crippen LogP contribution in [0.1, 0.15) is 5.56 Å². The summed E-state index contributed by atoms with van der Waals surface area (Å²) in [6.45, 7) is 2.04. The minimum Gasteiger partial charge on any atom is -0.457 e. The number of anilines is 1. The molecular formula is C28H22N2O3. The van der Waals surface area contributed by atoms with Crippen LogP contribution in [-0.4, -0.2) is 10.5 Å². The fourth-order valence-corrected chi connectivity index (χ4v) is 3.99. The molecule has 0 aliphatic rings. The molecule has 0 aliphatic carbocycles. The van der Waals surface area contributed by atoms with Crippen LogP contribution < -0.4 is 15.5 Å². The van der Waals surface area contributed by atoms with Crippen molar-refractivity contribution in [1.29, 1.82) is 0 Å². The first-order valence-electron chi connectivity index (χ1n) is 10.7. The minimum absolute atomic E-state index is 0.0186. The first-order chi connectivity index (χ1) is 16.1. The predicted molar refractivity (Wildman–Crippen MR) is 132 cm³/mol. The number of nitrogens with one attached hydrogen (secondary N) is 1. The van der Waals surface area contributed by atoms with Crippen LogP contribution in [-0.2, 0) is 11.3 Å². The lowest BCUT2D eigenvalue weighted by Crippen LogP contribution is -2.21. The predicted octanol–water partition coefficient (Wildman–Crippen LogP) is 5.89. The average Bonchev–Trinajstić information content (AvgIpc) is 2.84. The van der Waals surface area contributed by atoms with E-state index in [0.29, 0.717) is 22.2 Å². The van der Waals surface area contributed by atoms with Gasteiger partial charge in [0.15, 0.2) is 5.43 Å². The van der Waals surface area contributed by atoms with Crippen LogP contribution in [0.25, 0.3) is 21.8 Å². The Bertz CT molecular complexity index is 1520. The van der Waals surface area contributed by atoms with Crippen LogP contribution in [0.3, 0.4) is 0 Å². The summed E-state index contributed by atoms with van der Waals surface area (Å²) in [6, 6.07) is 29.9. The third-order valence-electron chi connectivity index (χ3n) is 5.55. The molecule has 0 spiro atoms. The topological polar surface area (TPSA) is 60.3 Å². The molecule has 5 aromatic rings. The molecule has 0 saturated carbocycles. The molecule has 0 saturated heterocycles. The molecule has 5 nitrogen and oxygen atoms in total. The molecule has 4 aromatic carbocycles. The number of nitrogens with zero attached hydrogens (tertiary/aromatic N) is 1. The highest BCUT2D eigenvalue weighted by molar-refractivity contribution is 5.97. The van der Waals surface area contributed by atoms with Crippen LogP contribution >= 0.6 is 0 Å². The number of aryl methyl sites for hydroxylation is 1. The number of hydrogen-bond acceptors (Lipinski definition) is 3. The Balaban J connectivity index is 1.41. The van der Waals surface area contributed by atoms with E-state index in [-0.39, 0.29) is 17.9 Å². The number of rotatable bonds is 5. The van der Waals surface area contributed by atoms with E-state index >= 15 is 0 Å². The van der Waals surface area contributed by atoms with Gasteiger partial charge in [-0.15, -0.1) is 0 Å². The lowest BCUT2D eigenvalue weighted by molar-refractivity contribution is -0.116. The van der Waals surface area contributed by atoms with Crippen molar-refractivity contribution in [3.05, 3.63) is 113 Å². The second-order valence-corrected chi connectivity index (χ2v) is 7.94. The van der Waals surface area contributed by atoms with E-state index < -0.39 is 0 Å². The highest BCUT2D eigenvalue weighted by Crippen LogP contribution is 2.23. The number of hydrogen-bond donors (Lipinski definition) is 1. The number of fused-ring (bicyclic) bond motifs is 2. The van der Waals surface area contributed by atoms with Gasteiger partial charge < -0.3 is 14.6 Å². The smallest absolute Gasteiger partial charge is 0.244 e. The van der Waals surface area contributed by atoms with E-state index in [1.807, 2.05) is 90.4 Å². The molecule has 0 atom stereocenters. The number of carbonyl (C=O) groups is 1. The quantitative estimate of drug-likeness (QED) is 0.351. The van der Waals surface area contributed by atoms with Gasteiger partial charge in [0.05, 0.1) is 11.0 Å². The summed E-state index contributed by atoms with van der Waals surface area (Å²) in [7, 11) is 0. The zero-order valence-electron chi connectivity index (χ0n) is 18.1. The average molecular weight is 434 g/mol. The zero-order valence-corrected chi connectivity index (χ0v) is 18.1. The van der Waals surface area contributed by atoms with E-state index in [1.54, 1.807) is 18.2 Å². The summed E-state index contributed by atoms with van der Waals surface area (Å²) in [5.41, 5.74) is 3.14. The molecule has 5 heteroatoms. The number of benzene rings is 4. The molecular weight excluding hydrogens is 412 g/mol. The van der Waals surface area contributed by atoms with Crippen LogP contribution in [0.4, 0.5) is 5.69 Å². The molecule has 0 aliphatic heterocycles. The van der Waals surface area contributed by atoms with Gasteiger partial charge in [0.1, 0.15) is 18.0 Å². The summed E-state index contributed by atoms with van der Waals surface area (Å²) in [6.07, 6.45) is 0. The van der Waals surface area contributed by atoms with Crippen molar-refractivity contribution in [2.45, 2.75) is 13.5 Å². The Morgan fingerprint density at radius 1 is 0.788 bits per heavy atom. The highest BCUT2D eigenvalue weighted by Gasteiger charge is 2.13. The van der Waals surface area contributed by atoms with Crippen molar-refractivity contribution in [3.63, 3.8) is 0 Å². The number of para-hydroxylation sites is 2. The van der Waals surface area contributed by atoms with Gasteiger partial charge in [-0.25, -0.2) is 0 Å². The van der Waals surface area contributed by atoms with Crippen molar-refractivity contribution >= 4 is 33.4 Å². The molecule has 0 fully saturated rings. The van der Waals surface area contributed by atoms with Gasteiger partial charge in [0, 0.05) is 16.5 Å². The molecule has 0 radical (unpaired) electrons.